The van der Waals surface area contributed by atoms with Gasteiger partial charge in [-0.2, -0.15) is 0 Å². The summed E-state index contributed by atoms with van der Waals surface area (Å²) in [5.41, 5.74) is 6.75. The van der Waals surface area contributed by atoms with Gasteiger partial charge in [0.2, 0.25) is 9.84 Å². The maximum atomic E-state index is 11.4. The summed E-state index contributed by atoms with van der Waals surface area (Å²) < 4.78 is 27.9. The molecule has 0 saturated heterocycles. The molecular weight excluding hydrogens is 226 g/mol. The Kier molecular flexibility index (Phi) is 2.47. The molecule has 0 bridgehead atoms. The summed E-state index contributed by atoms with van der Waals surface area (Å²) in [5, 5.41) is 1.04. The van der Waals surface area contributed by atoms with Crippen LogP contribution in [0.3, 0.4) is 0 Å². The van der Waals surface area contributed by atoms with Crippen molar-refractivity contribution in [2.75, 3.05) is 7.11 Å². The molecule has 84 valence electrons. The fraction of sp³-hybridized carbons (Fsp3) is 0.0909. The molecule has 0 unspecified atom stereocenters. The van der Waals surface area contributed by atoms with Crippen molar-refractivity contribution in [3.8, 4) is 5.75 Å². The number of ether oxygens (including phenoxy) is 1. The van der Waals surface area contributed by atoms with Crippen LogP contribution in [0.1, 0.15) is 5.56 Å². The summed E-state index contributed by atoms with van der Waals surface area (Å²) >= 11 is 0. The predicted molar refractivity (Wildman–Crippen MR) is 62.2 cm³/mol. The number of hydrogen-bond donors (Lipinski definition) is 1. The second-order valence-electron chi connectivity index (χ2n) is 3.40. The molecule has 0 amide bonds. The Morgan fingerprint density at radius 2 is 2.06 bits per heavy atom. The summed E-state index contributed by atoms with van der Waals surface area (Å²) in [4.78, 5) is 0. The second kappa shape index (κ2) is 3.68. The molecule has 0 atom stereocenters. The van der Waals surface area contributed by atoms with Crippen molar-refractivity contribution in [3.05, 3.63) is 46.3 Å². The number of nitrogens with two attached hydrogens (primary N) is 1. The molecule has 16 heavy (non-hydrogen) atoms. The van der Waals surface area contributed by atoms with Gasteiger partial charge in [0.25, 0.3) is 0 Å². The molecule has 2 N–H and O–H groups in total. The lowest BCUT2D eigenvalue weighted by Gasteiger charge is -2.02. The third-order valence-electron chi connectivity index (χ3n) is 2.31. The summed E-state index contributed by atoms with van der Waals surface area (Å²) in [5.74, 6) is 0.676. The Hall–Kier alpha value is -1.75. The lowest BCUT2D eigenvalue weighted by molar-refractivity contribution is 0.414. The van der Waals surface area contributed by atoms with Crippen molar-refractivity contribution in [2.24, 2.45) is 5.73 Å². The van der Waals surface area contributed by atoms with Gasteiger partial charge in [0, 0.05) is 5.41 Å². The minimum absolute atomic E-state index is 0.120. The van der Waals surface area contributed by atoms with Crippen LogP contribution in [0.25, 0.3) is 5.57 Å². The molecule has 0 radical (unpaired) electrons. The molecule has 1 aromatic carbocycles. The van der Waals surface area contributed by atoms with Gasteiger partial charge in [0.15, 0.2) is 0 Å². The standard InChI is InChI=1S/C11H11NO3S/c1-15-10-4-2-3-8(5-10)9-6-11(12)16(13,14)7-9/h2-7H,12H2,1H3. The van der Waals surface area contributed by atoms with E-state index < -0.39 is 9.84 Å². The monoisotopic (exact) mass is 237 g/mol. The average molecular weight is 237 g/mol. The SMILES string of the molecule is COc1cccc(C2=CS(=O)(=O)C(N)=C2)c1. The van der Waals surface area contributed by atoms with Gasteiger partial charge in [-0.1, -0.05) is 12.1 Å². The first-order chi connectivity index (χ1) is 7.53. The predicted octanol–water partition coefficient (Wildman–Crippen LogP) is 1.26. The van der Waals surface area contributed by atoms with Crippen molar-refractivity contribution in [2.45, 2.75) is 0 Å². The van der Waals surface area contributed by atoms with E-state index in [1.54, 1.807) is 31.4 Å². The molecule has 2 rings (SSSR count). The molecule has 1 aliphatic rings. The smallest absolute Gasteiger partial charge is 0.215 e. The number of benzene rings is 1. The van der Waals surface area contributed by atoms with Crippen LogP contribution in [0.2, 0.25) is 0 Å². The molecule has 1 aliphatic heterocycles. The summed E-state index contributed by atoms with van der Waals surface area (Å²) in [6.45, 7) is 0. The average Bonchev–Trinajstić information content (AvgIpc) is 2.54. The highest BCUT2D eigenvalue weighted by atomic mass is 32.2. The van der Waals surface area contributed by atoms with Crippen molar-refractivity contribution in [1.29, 1.82) is 0 Å². The van der Waals surface area contributed by atoms with Crippen LogP contribution in [-0.4, -0.2) is 15.5 Å². The van der Waals surface area contributed by atoms with E-state index in [0.29, 0.717) is 11.3 Å². The van der Waals surface area contributed by atoms with Crippen LogP contribution in [-0.2, 0) is 9.84 Å². The quantitative estimate of drug-likeness (QED) is 0.840. The van der Waals surface area contributed by atoms with Gasteiger partial charge >= 0.3 is 0 Å². The van der Waals surface area contributed by atoms with Gasteiger partial charge in [-0.05, 0) is 29.3 Å². The van der Waals surface area contributed by atoms with Crippen molar-refractivity contribution in [1.82, 2.24) is 0 Å². The number of sulfone groups is 1. The molecular formula is C11H11NO3S. The van der Waals surface area contributed by atoms with Gasteiger partial charge in [-0.15, -0.1) is 0 Å². The van der Waals surface area contributed by atoms with E-state index in [2.05, 4.69) is 0 Å². The molecule has 0 saturated carbocycles. The van der Waals surface area contributed by atoms with Crippen molar-refractivity contribution < 1.29 is 13.2 Å². The molecule has 1 aromatic rings. The van der Waals surface area contributed by atoms with E-state index in [1.807, 2.05) is 0 Å². The molecule has 0 aliphatic carbocycles. The Labute approximate surface area is 93.9 Å². The molecule has 0 aromatic heterocycles. The minimum Gasteiger partial charge on any atom is -0.497 e. The summed E-state index contributed by atoms with van der Waals surface area (Å²) in [6, 6.07) is 7.15. The third kappa shape index (κ3) is 1.81. The summed E-state index contributed by atoms with van der Waals surface area (Å²) in [7, 11) is -1.85. The summed E-state index contributed by atoms with van der Waals surface area (Å²) in [6.07, 6.45) is 1.45. The Bertz CT molecular complexity index is 585. The Morgan fingerprint density at radius 3 is 2.62 bits per heavy atom. The van der Waals surface area contributed by atoms with Crippen LogP contribution in [0.4, 0.5) is 0 Å². The van der Waals surface area contributed by atoms with E-state index in [9.17, 15) is 8.42 Å². The van der Waals surface area contributed by atoms with Gasteiger partial charge in [-0.25, -0.2) is 8.42 Å². The van der Waals surface area contributed by atoms with E-state index in [4.69, 9.17) is 10.5 Å². The second-order valence-corrected chi connectivity index (χ2v) is 5.19. The largest absolute Gasteiger partial charge is 0.497 e. The first kappa shape index (κ1) is 10.8. The first-order valence-electron chi connectivity index (χ1n) is 4.61. The number of rotatable bonds is 2. The normalized spacial score (nSPS) is 17.8. The molecule has 1 heterocycles. The Balaban J connectivity index is 2.48. The maximum absolute atomic E-state index is 11.4. The zero-order valence-electron chi connectivity index (χ0n) is 8.67. The number of methoxy groups -OCH3 is 1. The van der Waals surface area contributed by atoms with Crippen LogP contribution in [0.5, 0.6) is 5.75 Å². The topological polar surface area (TPSA) is 69.4 Å². The highest BCUT2D eigenvalue weighted by Crippen LogP contribution is 2.28. The minimum atomic E-state index is -3.41. The van der Waals surface area contributed by atoms with Gasteiger partial charge in [0.1, 0.15) is 10.8 Å². The lowest BCUT2D eigenvalue weighted by atomic mass is 10.1. The number of allylic oxidation sites excluding steroid dienone is 2. The van der Waals surface area contributed by atoms with Crippen LogP contribution < -0.4 is 10.5 Å². The van der Waals surface area contributed by atoms with E-state index in [1.165, 1.54) is 6.08 Å². The van der Waals surface area contributed by atoms with Gasteiger partial charge in [0.05, 0.1) is 7.11 Å². The molecule has 0 spiro atoms. The molecule has 4 nitrogen and oxygen atoms in total. The van der Waals surface area contributed by atoms with E-state index in [-0.39, 0.29) is 5.03 Å². The van der Waals surface area contributed by atoms with Crippen LogP contribution in [0, 0.1) is 0 Å². The zero-order valence-corrected chi connectivity index (χ0v) is 9.49. The van der Waals surface area contributed by atoms with Crippen LogP contribution >= 0.6 is 0 Å². The maximum Gasteiger partial charge on any atom is 0.215 e. The van der Waals surface area contributed by atoms with Gasteiger partial charge in [-0.3, -0.25) is 0 Å². The first-order valence-corrected chi connectivity index (χ1v) is 6.16. The molecule has 5 heteroatoms. The number of hydrogen-bond acceptors (Lipinski definition) is 4. The molecule has 0 fully saturated rings. The fourth-order valence-corrected chi connectivity index (χ4v) is 2.42. The van der Waals surface area contributed by atoms with Crippen molar-refractivity contribution in [3.63, 3.8) is 0 Å². The third-order valence-corrected chi connectivity index (χ3v) is 3.65. The van der Waals surface area contributed by atoms with Crippen LogP contribution in [0.15, 0.2) is 40.8 Å². The lowest BCUT2D eigenvalue weighted by Crippen LogP contribution is -2.04. The highest BCUT2D eigenvalue weighted by molar-refractivity contribution is 7.98. The van der Waals surface area contributed by atoms with Crippen molar-refractivity contribution >= 4 is 15.4 Å². The fourth-order valence-electron chi connectivity index (χ4n) is 1.46. The van der Waals surface area contributed by atoms with Gasteiger partial charge < -0.3 is 10.5 Å². The van der Waals surface area contributed by atoms with E-state index >= 15 is 0 Å². The highest BCUT2D eigenvalue weighted by Gasteiger charge is 2.20. The zero-order chi connectivity index (χ0) is 11.8. The van der Waals surface area contributed by atoms with E-state index in [0.717, 1.165) is 11.0 Å². The Morgan fingerprint density at radius 1 is 1.31 bits per heavy atom.